The molecule has 1 aliphatic rings. The first-order chi connectivity index (χ1) is 6.74. The Morgan fingerprint density at radius 1 is 1.57 bits per heavy atom. The summed E-state index contributed by atoms with van der Waals surface area (Å²) in [5.74, 6) is 0.466. The largest absolute Gasteiger partial charge is 0.369 e. The predicted octanol–water partition coefficient (Wildman–Crippen LogP) is 2.53. The molecule has 0 bridgehead atoms. The molecular weight excluding hydrogens is 199 g/mol. The van der Waals surface area contributed by atoms with Gasteiger partial charge in [-0.05, 0) is 31.2 Å². The van der Waals surface area contributed by atoms with Gasteiger partial charge < -0.3 is 5.32 Å². The molecule has 4 heteroatoms. The molecule has 0 amide bonds. The van der Waals surface area contributed by atoms with Crippen LogP contribution in [0.2, 0.25) is 0 Å². The highest BCUT2D eigenvalue weighted by molar-refractivity contribution is 8.00. The lowest BCUT2D eigenvalue weighted by atomic mass is 10.4. The van der Waals surface area contributed by atoms with Crippen LogP contribution < -0.4 is 5.32 Å². The second-order valence-corrected chi connectivity index (χ2v) is 4.88. The maximum absolute atomic E-state index is 12.5. The number of thioether (sulfide) groups is 1. The number of pyridine rings is 1. The van der Waals surface area contributed by atoms with Gasteiger partial charge in [-0.15, -0.1) is 0 Å². The molecular formula is C10H13FN2S. The highest BCUT2D eigenvalue weighted by Crippen LogP contribution is 2.46. The standard InChI is InChI=1S/C10H13FN2S/c1-14-10(4-5-10)7-13-9-3-2-8(11)6-12-9/h2-3,6H,4-5,7H2,1H3,(H,12,13). The Morgan fingerprint density at radius 3 is 2.86 bits per heavy atom. The second-order valence-electron chi connectivity index (χ2n) is 3.60. The molecule has 0 spiro atoms. The van der Waals surface area contributed by atoms with Crippen molar-refractivity contribution in [2.75, 3.05) is 18.1 Å². The zero-order valence-corrected chi connectivity index (χ0v) is 8.90. The Balaban J connectivity index is 1.89. The zero-order chi connectivity index (χ0) is 10.0. The van der Waals surface area contributed by atoms with Gasteiger partial charge in [0.25, 0.3) is 0 Å². The summed E-state index contributed by atoms with van der Waals surface area (Å²) < 4.78 is 13.0. The van der Waals surface area contributed by atoms with E-state index in [2.05, 4.69) is 16.6 Å². The zero-order valence-electron chi connectivity index (χ0n) is 8.09. The van der Waals surface area contributed by atoms with E-state index in [9.17, 15) is 4.39 Å². The Morgan fingerprint density at radius 2 is 2.36 bits per heavy atom. The van der Waals surface area contributed by atoms with Crippen LogP contribution in [0.1, 0.15) is 12.8 Å². The van der Waals surface area contributed by atoms with Crippen LogP contribution in [-0.4, -0.2) is 22.5 Å². The summed E-state index contributed by atoms with van der Waals surface area (Å²) in [6.07, 6.45) is 5.90. The van der Waals surface area contributed by atoms with Crippen molar-refractivity contribution in [3.05, 3.63) is 24.1 Å². The highest BCUT2D eigenvalue weighted by atomic mass is 32.2. The minimum atomic E-state index is -0.290. The second kappa shape index (κ2) is 3.77. The molecule has 0 atom stereocenters. The first-order valence-corrected chi connectivity index (χ1v) is 5.87. The van der Waals surface area contributed by atoms with Crippen LogP contribution in [0, 0.1) is 5.82 Å². The third-order valence-electron chi connectivity index (χ3n) is 2.56. The maximum Gasteiger partial charge on any atom is 0.141 e. The normalized spacial score (nSPS) is 17.9. The molecule has 1 aromatic rings. The van der Waals surface area contributed by atoms with Crippen LogP contribution in [0.5, 0.6) is 0 Å². The number of hydrogen-bond donors (Lipinski definition) is 1. The molecule has 14 heavy (non-hydrogen) atoms. The summed E-state index contributed by atoms with van der Waals surface area (Å²) in [6, 6.07) is 3.10. The number of halogens is 1. The van der Waals surface area contributed by atoms with E-state index in [1.54, 1.807) is 6.07 Å². The smallest absolute Gasteiger partial charge is 0.141 e. The molecule has 2 rings (SSSR count). The molecule has 1 fully saturated rings. The quantitative estimate of drug-likeness (QED) is 0.830. The summed E-state index contributed by atoms with van der Waals surface area (Å²) in [6.45, 7) is 0.923. The summed E-state index contributed by atoms with van der Waals surface area (Å²) in [5.41, 5.74) is 0. The Bertz CT molecular complexity index is 308. The van der Waals surface area contributed by atoms with Gasteiger partial charge in [0.05, 0.1) is 6.20 Å². The topological polar surface area (TPSA) is 24.9 Å². The number of nitrogens with one attached hydrogen (secondary N) is 1. The number of nitrogens with zero attached hydrogens (tertiary/aromatic N) is 1. The molecule has 0 aromatic carbocycles. The lowest BCUT2D eigenvalue weighted by molar-refractivity contribution is 0.621. The van der Waals surface area contributed by atoms with E-state index in [-0.39, 0.29) is 5.82 Å². The van der Waals surface area contributed by atoms with Gasteiger partial charge in [0, 0.05) is 11.3 Å². The molecule has 1 heterocycles. The van der Waals surface area contributed by atoms with Gasteiger partial charge in [0.15, 0.2) is 0 Å². The van der Waals surface area contributed by atoms with E-state index >= 15 is 0 Å². The van der Waals surface area contributed by atoms with Gasteiger partial charge in [-0.2, -0.15) is 11.8 Å². The SMILES string of the molecule is CSC1(CNc2ccc(F)cn2)CC1. The van der Waals surface area contributed by atoms with E-state index in [1.165, 1.54) is 25.1 Å². The van der Waals surface area contributed by atoms with E-state index in [0.29, 0.717) is 4.75 Å². The van der Waals surface area contributed by atoms with Crippen molar-refractivity contribution in [1.82, 2.24) is 4.98 Å². The van der Waals surface area contributed by atoms with E-state index in [1.807, 2.05) is 11.8 Å². The molecule has 0 saturated heterocycles. The number of rotatable bonds is 4. The summed E-state index contributed by atoms with van der Waals surface area (Å²) in [4.78, 5) is 3.95. The van der Waals surface area contributed by atoms with E-state index < -0.39 is 0 Å². The number of aromatic nitrogens is 1. The minimum Gasteiger partial charge on any atom is -0.369 e. The fourth-order valence-corrected chi connectivity index (χ4v) is 2.05. The third kappa shape index (κ3) is 2.18. The van der Waals surface area contributed by atoms with Crippen LogP contribution in [-0.2, 0) is 0 Å². The van der Waals surface area contributed by atoms with E-state index in [0.717, 1.165) is 12.4 Å². The molecule has 1 N–H and O–H groups in total. The average Bonchev–Trinajstić information content (AvgIpc) is 2.98. The fourth-order valence-electron chi connectivity index (χ4n) is 1.32. The Labute approximate surface area is 87.3 Å². The first kappa shape index (κ1) is 9.77. The monoisotopic (exact) mass is 212 g/mol. The molecule has 0 unspecified atom stereocenters. The third-order valence-corrected chi connectivity index (χ3v) is 3.98. The van der Waals surface area contributed by atoms with Crippen molar-refractivity contribution < 1.29 is 4.39 Å². The summed E-state index contributed by atoms with van der Waals surface area (Å²) in [5, 5.41) is 3.23. The summed E-state index contributed by atoms with van der Waals surface area (Å²) in [7, 11) is 0. The van der Waals surface area contributed by atoms with Crippen molar-refractivity contribution in [1.29, 1.82) is 0 Å². The van der Waals surface area contributed by atoms with Gasteiger partial charge >= 0.3 is 0 Å². The van der Waals surface area contributed by atoms with Gasteiger partial charge in [-0.3, -0.25) is 0 Å². The van der Waals surface area contributed by atoms with Gasteiger partial charge in [-0.1, -0.05) is 0 Å². The minimum absolute atomic E-state index is 0.290. The van der Waals surface area contributed by atoms with Crippen molar-refractivity contribution >= 4 is 17.6 Å². The summed E-state index contributed by atoms with van der Waals surface area (Å²) >= 11 is 1.90. The fraction of sp³-hybridized carbons (Fsp3) is 0.500. The Kier molecular flexibility index (Phi) is 2.63. The van der Waals surface area contributed by atoms with Crippen LogP contribution >= 0.6 is 11.8 Å². The molecule has 0 radical (unpaired) electrons. The van der Waals surface area contributed by atoms with Crippen LogP contribution in [0.25, 0.3) is 0 Å². The van der Waals surface area contributed by atoms with Gasteiger partial charge in [0.1, 0.15) is 11.6 Å². The lowest BCUT2D eigenvalue weighted by Crippen LogP contribution is -2.17. The first-order valence-electron chi connectivity index (χ1n) is 4.65. The van der Waals surface area contributed by atoms with Gasteiger partial charge in [0.2, 0.25) is 0 Å². The van der Waals surface area contributed by atoms with Crippen molar-refractivity contribution in [3.8, 4) is 0 Å². The Hall–Kier alpha value is -0.770. The average molecular weight is 212 g/mol. The van der Waals surface area contributed by atoms with Crippen molar-refractivity contribution in [2.24, 2.45) is 0 Å². The van der Waals surface area contributed by atoms with Crippen molar-refractivity contribution in [3.63, 3.8) is 0 Å². The molecule has 1 aliphatic carbocycles. The van der Waals surface area contributed by atoms with Crippen molar-refractivity contribution in [2.45, 2.75) is 17.6 Å². The maximum atomic E-state index is 12.5. The molecule has 0 aliphatic heterocycles. The number of anilines is 1. The number of hydrogen-bond acceptors (Lipinski definition) is 3. The molecule has 2 nitrogen and oxygen atoms in total. The lowest BCUT2D eigenvalue weighted by Gasteiger charge is -2.13. The molecule has 1 saturated carbocycles. The highest BCUT2D eigenvalue weighted by Gasteiger charge is 2.41. The molecule has 1 aromatic heterocycles. The van der Waals surface area contributed by atoms with Crippen LogP contribution in [0.15, 0.2) is 18.3 Å². The molecule has 76 valence electrons. The predicted molar refractivity (Wildman–Crippen MR) is 58.2 cm³/mol. The van der Waals surface area contributed by atoms with Crippen LogP contribution in [0.4, 0.5) is 10.2 Å². The van der Waals surface area contributed by atoms with Gasteiger partial charge in [-0.25, -0.2) is 9.37 Å². The van der Waals surface area contributed by atoms with E-state index in [4.69, 9.17) is 0 Å². The van der Waals surface area contributed by atoms with Crippen LogP contribution in [0.3, 0.4) is 0 Å².